The minimum absolute atomic E-state index is 0.000600. The number of fused-ring (bicyclic) bond motifs is 4. The molecule has 7 heterocycles. The van der Waals surface area contributed by atoms with Gasteiger partial charge in [-0.3, -0.25) is 14.9 Å². The van der Waals surface area contributed by atoms with Gasteiger partial charge in [-0.05, 0) is 51.0 Å². The molecule has 3 aliphatic rings. The number of thiazole rings is 1. The third kappa shape index (κ3) is 4.24. The summed E-state index contributed by atoms with van der Waals surface area (Å²) in [7, 11) is -3.75. The van der Waals surface area contributed by atoms with Gasteiger partial charge in [-0.15, -0.1) is 11.3 Å². The quantitative estimate of drug-likeness (QED) is 0.298. The second-order valence-corrected chi connectivity index (χ2v) is 14.6. The van der Waals surface area contributed by atoms with Crippen molar-refractivity contribution >= 4 is 38.5 Å². The third-order valence-corrected chi connectivity index (χ3v) is 11.2. The highest BCUT2D eigenvalue weighted by Crippen LogP contribution is 2.45. The number of piperidine rings is 1. The SMILES string of the molecule is CS(=O)(=O)c1c(C2CC3CC[C@H](C2)N3C(=O)c2ncn[nH]2)nc2c(-c3ccc(-c4nc5c(s4)CCC5)nc3)cnn2c1N. The van der Waals surface area contributed by atoms with Crippen molar-refractivity contribution in [3.8, 4) is 21.8 Å². The number of aromatic nitrogens is 8. The van der Waals surface area contributed by atoms with Crippen LogP contribution in [0, 0.1) is 0 Å². The fourth-order valence-corrected chi connectivity index (χ4v) is 9.21. The monoisotopic (exact) mass is 616 g/mol. The van der Waals surface area contributed by atoms with Crippen LogP contribution in [-0.2, 0) is 22.7 Å². The van der Waals surface area contributed by atoms with Gasteiger partial charge >= 0.3 is 0 Å². The number of H-pyrrole nitrogens is 1. The zero-order chi connectivity index (χ0) is 29.5. The molecule has 2 saturated heterocycles. The number of nitrogens with zero attached hydrogens (tertiary/aromatic N) is 8. The molecule has 3 atom stereocenters. The molecule has 15 heteroatoms. The van der Waals surface area contributed by atoms with Crippen LogP contribution in [0.3, 0.4) is 0 Å². The smallest absolute Gasteiger partial charge is 0.291 e. The maximum Gasteiger partial charge on any atom is 0.291 e. The molecule has 2 fully saturated rings. The Morgan fingerprint density at radius 3 is 2.58 bits per heavy atom. The summed E-state index contributed by atoms with van der Waals surface area (Å²) in [6, 6.07) is 3.77. The van der Waals surface area contributed by atoms with E-state index in [9.17, 15) is 13.2 Å². The van der Waals surface area contributed by atoms with Gasteiger partial charge in [-0.25, -0.2) is 23.4 Å². The molecule has 13 nitrogen and oxygen atoms in total. The fourth-order valence-electron chi connectivity index (χ4n) is 7.02. The average Bonchev–Trinajstić information content (AvgIpc) is 3.81. The molecule has 0 saturated carbocycles. The van der Waals surface area contributed by atoms with Gasteiger partial charge in [0.1, 0.15) is 22.0 Å². The number of aromatic amines is 1. The van der Waals surface area contributed by atoms with Gasteiger partial charge in [-0.2, -0.15) is 14.7 Å². The number of aryl methyl sites for hydroxylation is 2. The number of amides is 1. The molecule has 0 spiro atoms. The van der Waals surface area contributed by atoms with Crippen LogP contribution < -0.4 is 5.73 Å². The van der Waals surface area contributed by atoms with E-state index in [1.165, 1.54) is 21.4 Å². The van der Waals surface area contributed by atoms with E-state index in [-0.39, 0.29) is 40.4 Å². The lowest BCUT2D eigenvalue weighted by molar-refractivity contribution is 0.0556. The Labute approximate surface area is 250 Å². The Bertz CT molecular complexity index is 1960. The predicted octanol–water partition coefficient (Wildman–Crippen LogP) is 3.06. The van der Waals surface area contributed by atoms with E-state index in [0.717, 1.165) is 54.6 Å². The Balaban J connectivity index is 1.17. The Kier molecular flexibility index (Phi) is 5.92. The lowest BCUT2D eigenvalue weighted by atomic mass is 9.87. The number of hydrogen-bond donors (Lipinski definition) is 2. The Hall–Kier alpha value is -4.24. The molecule has 220 valence electrons. The summed E-state index contributed by atoms with van der Waals surface area (Å²) in [5.41, 5.74) is 10.9. The van der Waals surface area contributed by atoms with E-state index in [2.05, 4.69) is 20.3 Å². The zero-order valence-corrected chi connectivity index (χ0v) is 24.9. The summed E-state index contributed by atoms with van der Waals surface area (Å²) >= 11 is 1.70. The summed E-state index contributed by atoms with van der Waals surface area (Å²) in [6.45, 7) is 0. The van der Waals surface area contributed by atoms with Gasteiger partial charge in [-0.1, -0.05) is 6.07 Å². The first-order chi connectivity index (χ1) is 20.8. The minimum Gasteiger partial charge on any atom is -0.382 e. The van der Waals surface area contributed by atoms with Crippen molar-refractivity contribution in [1.82, 2.24) is 44.6 Å². The van der Waals surface area contributed by atoms with Crippen LogP contribution in [0.5, 0.6) is 0 Å². The standard InChI is InChI=1S/C28H28N10O3S2/c1-43(40,41)23-22(15-9-16-6-7-17(10-15)37(16)28(39)25-31-13-32-36-25)35-26-18(12-33-38(26)24(23)29)14-5-8-20(30-11-14)27-34-19-3-2-4-21(19)42-27/h5,8,11-13,15-17H,2-4,6-7,9-10,29H2,1H3,(H,31,32,36)/t15?,16-,17?/m1/s1. The summed E-state index contributed by atoms with van der Waals surface area (Å²) in [5, 5.41) is 11.8. The van der Waals surface area contributed by atoms with Crippen molar-refractivity contribution in [3.63, 3.8) is 0 Å². The molecular formula is C28H28N10O3S2. The van der Waals surface area contributed by atoms with Crippen LogP contribution in [0.15, 0.2) is 35.7 Å². The number of sulfone groups is 1. The van der Waals surface area contributed by atoms with E-state index >= 15 is 0 Å². The summed E-state index contributed by atoms with van der Waals surface area (Å²) in [4.78, 5) is 34.9. The van der Waals surface area contributed by atoms with Crippen molar-refractivity contribution < 1.29 is 13.2 Å². The first-order valence-corrected chi connectivity index (χ1v) is 17.0. The molecule has 43 heavy (non-hydrogen) atoms. The predicted molar refractivity (Wildman–Crippen MR) is 158 cm³/mol. The summed E-state index contributed by atoms with van der Waals surface area (Å²) < 4.78 is 27.6. The second kappa shape index (κ2) is 9.64. The van der Waals surface area contributed by atoms with Crippen LogP contribution in [0.4, 0.5) is 5.82 Å². The molecular weight excluding hydrogens is 589 g/mol. The number of pyridine rings is 1. The van der Waals surface area contributed by atoms with E-state index < -0.39 is 9.84 Å². The normalized spacial score (nSPS) is 21.5. The van der Waals surface area contributed by atoms with Crippen molar-refractivity contribution in [3.05, 3.63) is 52.9 Å². The molecule has 2 aliphatic heterocycles. The molecule has 3 N–H and O–H groups in total. The molecule has 1 aliphatic carbocycles. The van der Waals surface area contributed by atoms with Crippen LogP contribution in [0.1, 0.15) is 64.9 Å². The van der Waals surface area contributed by atoms with E-state index in [0.29, 0.717) is 29.7 Å². The highest BCUT2D eigenvalue weighted by Gasteiger charge is 2.46. The maximum atomic E-state index is 13.2. The largest absolute Gasteiger partial charge is 0.382 e. The van der Waals surface area contributed by atoms with Gasteiger partial charge in [0.15, 0.2) is 15.5 Å². The molecule has 5 aromatic heterocycles. The highest BCUT2D eigenvalue weighted by molar-refractivity contribution is 7.91. The first-order valence-electron chi connectivity index (χ1n) is 14.3. The number of nitrogens with two attached hydrogens (primary N) is 1. The minimum atomic E-state index is -3.75. The summed E-state index contributed by atoms with van der Waals surface area (Å²) in [6.07, 6.45) is 11.9. The maximum absolute atomic E-state index is 13.2. The Morgan fingerprint density at radius 1 is 1.09 bits per heavy atom. The van der Waals surface area contributed by atoms with Gasteiger partial charge in [0.05, 0.1) is 23.3 Å². The topological polar surface area (TPSA) is 178 Å². The number of carbonyl (C=O) groups is 1. The van der Waals surface area contributed by atoms with Crippen molar-refractivity contribution in [2.45, 2.75) is 67.8 Å². The van der Waals surface area contributed by atoms with Gasteiger partial charge in [0.2, 0.25) is 5.82 Å². The van der Waals surface area contributed by atoms with Gasteiger partial charge < -0.3 is 10.6 Å². The van der Waals surface area contributed by atoms with Crippen LogP contribution in [0.2, 0.25) is 0 Å². The summed E-state index contributed by atoms with van der Waals surface area (Å²) in [5.74, 6) is -0.156. The Morgan fingerprint density at radius 2 is 1.91 bits per heavy atom. The lowest BCUT2D eigenvalue weighted by Crippen LogP contribution is -2.46. The van der Waals surface area contributed by atoms with Crippen molar-refractivity contribution in [2.24, 2.45) is 0 Å². The second-order valence-electron chi connectivity index (χ2n) is 11.6. The van der Waals surface area contributed by atoms with Crippen molar-refractivity contribution in [2.75, 3.05) is 12.0 Å². The van der Waals surface area contributed by atoms with E-state index in [4.69, 9.17) is 20.7 Å². The average molecular weight is 617 g/mol. The fraction of sp³-hybridized carbons (Fsp3) is 0.393. The highest BCUT2D eigenvalue weighted by atomic mass is 32.2. The van der Waals surface area contributed by atoms with Crippen LogP contribution in [-0.4, -0.2) is 77.3 Å². The number of anilines is 1. The van der Waals surface area contributed by atoms with E-state index in [1.807, 2.05) is 17.0 Å². The molecule has 8 rings (SSSR count). The number of nitrogen functional groups attached to an aromatic ring is 1. The van der Waals surface area contributed by atoms with E-state index in [1.54, 1.807) is 23.7 Å². The number of nitrogens with one attached hydrogen (secondary N) is 1. The number of rotatable bonds is 5. The molecule has 2 unspecified atom stereocenters. The third-order valence-electron chi connectivity index (χ3n) is 8.90. The molecule has 1 amide bonds. The van der Waals surface area contributed by atoms with Crippen LogP contribution >= 0.6 is 11.3 Å². The number of hydrogen-bond acceptors (Lipinski definition) is 11. The molecule has 2 bridgehead atoms. The molecule has 0 radical (unpaired) electrons. The van der Waals surface area contributed by atoms with Crippen LogP contribution in [0.25, 0.3) is 27.5 Å². The van der Waals surface area contributed by atoms with Crippen molar-refractivity contribution in [1.29, 1.82) is 0 Å². The zero-order valence-electron chi connectivity index (χ0n) is 23.3. The number of carbonyl (C=O) groups excluding carboxylic acids is 1. The lowest BCUT2D eigenvalue weighted by Gasteiger charge is -2.38. The van der Waals surface area contributed by atoms with Gasteiger partial charge in [0, 0.05) is 46.5 Å². The molecule has 0 aromatic carbocycles. The van der Waals surface area contributed by atoms with Gasteiger partial charge in [0.25, 0.3) is 5.91 Å². The first kappa shape index (κ1) is 26.4. The molecule has 5 aromatic rings.